The quantitative estimate of drug-likeness (QED) is 0.617. The van der Waals surface area contributed by atoms with Crippen molar-refractivity contribution in [2.75, 3.05) is 13.7 Å². The van der Waals surface area contributed by atoms with Crippen LogP contribution in [0.25, 0.3) is 0 Å². The van der Waals surface area contributed by atoms with Gasteiger partial charge in [-0.3, -0.25) is 0 Å². The molecule has 5 nitrogen and oxygen atoms in total. The fourth-order valence-electron chi connectivity index (χ4n) is 3.53. The molecule has 1 aromatic rings. The second kappa shape index (κ2) is 7.73. The van der Waals surface area contributed by atoms with Gasteiger partial charge in [0.05, 0.1) is 37.5 Å². The van der Waals surface area contributed by atoms with Gasteiger partial charge in [-0.25, -0.2) is 4.99 Å². The van der Waals surface area contributed by atoms with Gasteiger partial charge in [-0.1, -0.05) is 6.07 Å². The molecule has 8 heteroatoms. The summed E-state index contributed by atoms with van der Waals surface area (Å²) in [6.07, 6.45) is -1.00. The molecule has 0 spiro atoms. The van der Waals surface area contributed by atoms with Crippen molar-refractivity contribution in [1.29, 1.82) is 0 Å². The molecule has 0 radical (unpaired) electrons. The molecule has 3 rings (SSSR count). The van der Waals surface area contributed by atoms with E-state index >= 15 is 0 Å². The molecule has 0 aliphatic carbocycles. The monoisotopic (exact) mass is 371 g/mol. The summed E-state index contributed by atoms with van der Waals surface area (Å²) < 4.78 is 50.7. The first-order valence-corrected chi connectivity index (χ1v) is 8.85. The molecule has 3 unspecified atom stereocenters. The van der Waals surface area contributed by atoms with Crippen LogP contribution in [0.5, 0.6) is 5.75 Å². The number of nitrogens with one attached hydrogen (secondary N) is 2. The van der Waals surface area contributed by atoms with Crippen molar-refractivity contribution in [3.63, 3.8) is 0 Å². The standard InChI is InChI=1S/C18H24F3N3O2/c1-3-22-17(24-15-9-13-6-7-16(15)26-13)23-10-11-4-5-12(25-2)8-14(11)18(19,20)21/h4-5,8,13,15-16H,3,6-7,9-10H2,1-2H3,(H2,22,23,24). The minimum absolute atomic E-state index is 0.0736. The first-order valence-electron chi connectivity index (χ1n) is 8.85. The molecule has 26 heavy (non-hydrogen) atoms. The summed E-state index contributed by atoms with van der Waals surface area (Å²) in [7, 11) is 1.35. The molecule has 2 N–H and O–H groups in total. The van der Waals surface area contributed by atoms with E-state index in [4.69, 9.17) is 9.47 Å². The van der Waals surface area contributed by atoms with Crippen LogP contribution in [0.3, 0.4) is 0 Å². The number of ether oxygens (including phenoxy) is 2. The zero-order valence-electron chi connectivity index (χ0n) is 14.9. The van der Waals surface area contributed by atoms with Gasteiger partial charge in [0, 0.05) is 6.54 Å². The van der Waals surface area contributed by atoms with Crippen LogP contribution in [0.15, 0.2) is 23.2 Å². The minimum Gasteiger partial charge on any atom is -0.497 e. The Morgan fingerprint density at radius 1 is 1.35 bits per heavy atom. The zero-order valence-corrected chi connectivity index (χ0v) is 14.9. The predicted molar refractivity (Wildman–Crippen MR) is 92.2 cm³/mol. The van der Waals surface area contributed by atoms with Crippen molar-refractivity contribution >= 4 is 5.96 Å². The Bertz CT molecular complexity index is 664. The van der Waals surface area contributed by atoms with E-state index in [0.29, 0.717) is 18.6 Å². The lowest BCUT2D eigenvalue weighted by Gasteiger charge is -2.22. The van der Waals surface area contributed by atoms with Gasteiger partial charge in [0.2, 0.25) is 0 Å². The molecule has 2 heterocycles. The molecule has 0 aromatic heterocycles. The van der Waals surface area contributed by atoms with Crippen LogP contribution < -0.4 is 15.4 Å². The Hall–Kier alpha value is -1.96. The lowest BCUT2D eigenvalue weighted by Crippen LogP contribution is -2.47. The Kier molecular flexibility index (Phi) is 5.60. The number of halogens is 3. The van der Waals surface area contributed by atoms with E-state index in [2.05, 4.69) is 15.6 Å². The summed E-state index contributed by atoms with van der Waals surface area (Å²) in [6, 6.07) is 4.10. The number of fused-ring (bicyclic) bond motifs is 2. The number of hydrogen-bond donors (Lipinski definition) is 2. The van der Waals surface area contributed by atoms with Crippen LogP contribution in [0.4, 0.5) is 13.2 Å². The number of aliphatic imine (C=N–C) groups is 1. The van der Waals surface area contributed by atoms with Crippen molar-refractivity contribution in [1.82, 2.24) is 10.6 Å². The van der Waals surface area contributed by atoms with Crippen LogP contribution in [0.1, 0.15) is 37.3 Å². The summed E-state index contributed by atoms with van der Waals surface area (Å²) in [5.74, 6) is 0.687. The molecule has 144 valence electrons. The molecule has 2 bridgehead atoms. The van der Waals surface area contributed by atoms with E-state index in [0.717, 1.165) is 25.3 Å². The van der Waals surface area contributed by atoms with Gasteiger partial charge < -0.3 is 20.1 Å². The highest BCUT2D eigenvalue weighted by atomic mass is 19.4. The Morgan fingerprint density at radius 2 is 2.15 bits per heavy atom. The van der Waals surface area contributed by atoms with Gasteiger partial charge in [-0.05, 0) is 43.9 Å². The molecule has 3 atom stereocenters. The van der Waals surface area contributed by atoms with E-state index in [-0.39, 0.29) is 30.0 Å². The number of hydrogen-bond acceptors (Lipinski definition) is 3. The van der Waals surface area contributed by atoms with E-state index in [1.54, 1.807) is 0 Å². The van der Waals surface area contributed by atoms with E-state index in [9.17, 15) is 13.2 Å². The maximum absolute atomic E-state index is 13.3. The van der Waals surface area contributed by atoms with Crippen molar-refractivity contribution in [3.8, 4) is 5.75 Å². The molecule has 2 fully saturated rings. The van der Waals surface area contributed by atoms with E-state index < -0.39 is 11.7 Å². The predicted octanol–water partition coefficient (Wildman–Crippen LogP) is 3.09. The molecule has 2 aliphatic rings. The Labute approximate surface area is 151 Å². The SMILES string of the molecule is CCNC(=NCc1ccc(OC)cc1C(F)(F)F)NC1CC2CCC1O2. The molecule has 2 aliphatic heterocycles. The molecule has 1 aromatic carbocycles. The third-order valence-electron chi connectivity index (χ3n) is 4.80. The minimum atomic E-state index is -4.45. The Balaban J connectivity index is 1.75. The van der Waals surface area contributed by atoms with Crippen LogP contribution >= 0.6 is 0 Å². The maximum atomic E-state index is 13.3. The van der Waals surface area contributed by atoms with Gasteiger partial charge in [0.1, 0.15) is 5.75 Å². The smallest absolute Gasteiger partial charge is 0.416 e. The number of nitrogens with zero attached hydrogens (tertiary/aromatic N) is 1. The first-order chi connectivity index (χ1) is 12.4. The first kappa shape index (κ1) is 18.8. The summed E-state index contributed by atoms with van der Waals surface area (Å²) in [4.78, 5) is 4.36. The van der Waals surface area contributed by atoms with E-state index in [1.165, 1.54) is 19.2 Å². The normalized spacial score (nSPS) is 25.4. The fraction of sp³-hybridized carbons (Fsp3) is 0.611. The van der Waals surface area contributed by atoms with Crippen LogP contribution in [0.2, 0.25) is 0 Å². The lowest BCUT2D eigenvalue weighted by atomic mass is 9.96. The average molecular weight is 371 g/mol. The van der Waals surface area contributed by atoms with Crippen LogP contribution in [-0.2, 0) is 17.5 Å². The summed E-state index contributed by atoms with van der Waals surface area (Å²) in [5, 5.41) is 6.40. The zero-order chi connectivity index (χ0) is 18.7. The van der Waals surface area contributed by atoms with Gasteiger partial charge in [-0.15, -0.1) is 0 Å². The topological polar surface area (TPSA) is 54.9 Å². The van der Waals surface area contributed by atoms with Gasteiger partial charge in [0.25, 0.3) is 0 Å². The summed E-state index contributed by atoms with van der Waals surface area (Å²) in [5.41, 5.74) is -0.612. The number of guanidine groups is 1. The number of alkyl halides is 3. The fourth-order valence-corrected chi connectivity index (χ4v) is 3.53. The number of methoxy groups -OCH3 is 1. The molecule has 0 amide bonds. The Morgan fingerprint density at radius 3 is 2.73 bits per heavy atom. The second-order valence-electron chi connectivity index (χ2n) is 6.58. The summed E-state index contributed by atoms with van der Waals surface area (Å²) >= 11 is 0. The molecule has 0 saturated carbocycles. The van der Waals surface area contributed by atoms with Gasteiger partial charge in [-0.2, -0.15) is 13.2 Å². The lowest BCUT2D eigenvalue weighted by molar-refractivity contribution is -0.138. The van der Waals surface area contributed by atoms with Crippen molar-refractivity contribution in [2.45, 2.75) is 57.2 Å². The highest BCUT2D eigenvalue weighted by Crippen LogP contribution is 2.35. The van der Waals surface area contributed by atoms with Gasteiger partial charge in [0.15, 0.2) is 5.96 Å². The number of benzene rings is 1. The largest absolute Gasteiger partial charge is 0.497 e. The number of rotatable bonds is 5. The maximum Gasteiger partial charge on any atom is 0.416 e. The third kappa shape index (κ3) is 4.23. The van der Waals surface area contributed by atoms with Crippen LogP contribution in [0, 0.1) is 0 Å². The van der Waals surface area contributed by atoms with Crippen LogP contribution in [-0.4, -0.2) is 37.9 Å². The average Bonchev–Trinajstić information content (AvgIpc) is 3.22. The molecule has 2 saturated heterocycles. The molecular weight excluding hydrogens is 347 g/mol. The third-order valence-corrected chi connectivity index (χ3v) is 4.80. The van der Waals surface area contributed by atoms with Gasteiger partial charge >= 0.3 is 6.18 Å². The van der Waals surface area contributed by atoms with Crippen molar-refractivity contribution in [3.05, 3.63) is 29.3 Å². The van der Waals surface area contributed by atoms with Crippen molar-refractivity contribution in [2.24, 2.45) is 4.99 Å². The second-order valence-corrected chi connectivity index (χ2v) is 6.58. The van der Waals surface area contributed by atoms with E-state index in [1.807, 2.05) is 6.92 Å². The molecular formula is C18H24F3N3O2. The van der Waals surface area contributed by atoms with Crippen molar-refractivity contribution < 1.29 is 22.6 Å². The summed E-state index contributed by atoms with van der Waals surface area (Å²) in [6.45, 7) is 2.47. The highest BCUT2D eigenvalue weighted by molar-refractivity contribution is 5.80. The highest BCUT2D eigenvalue weighted by Gasteiger charge is 2.41.